The molecule has 2 unspecified atom stereocenters. The van der Waals surface area contributed by atoms with Crippen molar-refractivity contribution in [2.45, 2.75) is 48.4 Å². The zero-order valence-corrected chi connectivity index (χ0v) is 26.0. The first-order valence-corrected chi connectivity index (χ1v) is 18.5. The molecule has 7 rings (SSSR count). The van der Waals surface area contributed by atoms with E-state index in [9.17, 15) is 19.0 Å². The molecular weight excluding hydrogens is 662 g/mol. The van der Waals surface area contributed by atoms with E-state index < -0.39 is 61.4 Å². The van der Waals surface area contributed by atoms with Crippen LogP contribution < -0.4 is 17.0 Å². The van der Waals surface area contributed by atoms with Gasteiger partial charge in [-0.25, -0.2) is 19.9 Å². The zero-order chi connectivity index (χ0) is 31.0. The van der Waals surface area contributed by atoms with Crippen LogP contribution in [0.4, 0.5) is 11.8 Å². The number of thiol groups is 2. The van der Waals surface area contributed by atoms with E-state index in [-0.39, 0.29) is 49.2 Å². The lowest BCUT2D eigenvalue weighted by Crippen LogP contribution is -2.45. The molecule has 6 N–H and O–H groups in total. The van der Waals surface area contributed by atoms with Gasteiger partial charge < -0.3 is 39.8 Å². The standard InChI is InChI=1S/C21H26N10O9P2S2/c22-14-10-15(25-5-24-14)30(6-26-10)19-12-13(40-41(34)43)21(39-19,3-36-12)4-37-42(35,44)9-1-8(2-32)38-18(9)31-7-27-11-16(31)28-20(23)29-17(11)33/h5-9,12-13,18-19,32,41H,1-4H2,(H,34,43)(H,35,44)(H2,22,24,25)(H3,23,28,29,33)/t8-,9+,12+,13-,18+,19+,21+,42?/m0/s1. The molecule has 0 saturated carbocycles. The summed E-state index contributed by atoms with van der Waals surface area (Å²) < 4.78 is 59.5. The van der Waals surface area contributed by atoms with Crippen molar-refractivity contribution in [2.24, 2.45) is 0 Å². The highest BCUT2D eigenvalue weighted by molar-refractivity contribution is 8.46. The van der Waals surface area contributed by atoms with E-state index in [4.69, 9.17) is 34.7 Å². The predicted octanol–water partition coefficient (Wildman–Crippen LogP) is 0.283. The van der Waals surface area contributed by atoms with Crippen molar-refractivity contribution < 1.29 is 37.5 Å². The van der Waals surface area contributed by atoms with Crippen LogP contribution in [0.1, 0.15) is 18.9 Å². The maximum absolute atomic E-state index is 14.2. The molecule has 44 heavy (non-hydrogen) atoms. The first-order valence-electron chi connectivity index (χ1n) is 13.1. The smallest absolute Gasteiger partial charge is 0.280 e. The number of nitrogens with one attached hydrogen (secondary N) is 1. The van der Waals surface area contributed by atoms with Crippen molar-refractivity contribution in [3.8, 4) is 0 Å². The Balaban J connectivity index is 1.18. The van der Waals surface area contributed by atoms with Crippen molar-refractivity contribution >= 4 is 72.4 Å². The van der Waals surface area contributed by atoms with Gasteiger partial charge in [-0.3, -0.25) is 28.0 Å². The monoisotopic (exact) mass is 688 g/mol. The average molecular weight is 689 g/mol. The van der Waals surface area contributed by atoms with Crippen molar-refractivity contribution in [3.05, 3.63) is 29.3 Å². The normalized spacial score (nSPS) is 32.1. The number of hydrogen-bond acceptors (Lipinski definition) is 16. The third kappa shape index (κ3) is 4.86. The topological polar surface area (TPSA) is 260 Å². The summed E-state index contributed by atoms with van der Waals surface area (Å²) in [4.78, 5) is 35.4. The predicted molar refractivity (Wildman–Crippen MR) is 160 cm³/mol. The number of aromatic amines is 1. The van der Waals surface area contributed by atoms with Gasteiger partial charge in [-0.2, -0.15) is 4.98 Å². The number of rotatable bonds is 9. The Kier molecular flexibility index (Phi) is 7.55. The van der Waals surface area contributed by atoms with Gasteiger partial charge in [-0.15, -0.1) is 0 Å². The van der Waals surface area contributed by atoms with E-state index in [1.54, 1.807) is 4.57 Å². The lowest BCUT2D eigenvalue weighted by atomic mass is 10.0. The Morgan fingerprint density at radius 1 is 1.18 bits per heavy atom. The number of anilines is 2. The fourth-order valence-electron chi connectivity index (χ4n) is 5.88. The number of fused-ring (bicyclic) bond motifs is 4. The SMILES string of the molecule is Nc1nc2c(ncn2[C@@H]2O[C@H](CO)C[C@H]2P(=O)(S)OC[C@@]23CO[C@@H]([C@H](n4cnc5c(N)ncnc54)O2)[C@@H]3O[PH](=O)S)c(=O)[nH]1. The summed E-state index contributed by atoms with van der Waals surface area (Å²) in [5, 5.41) is 9.88. The Morgan fingerprint density at radius 2 is 1.93 bits per heavy atom. The molecule has 3 aliphatic rings. The van der Waals surface area contributed by atoms with Gasteiger partial charge in [0, 0.05) is 0 Å². The highest BCUT2D eigenvalue weighted by Crippen LogP contribution is 2.65. The highest BCUT2D eigenvalue weighted by atomic mass is 32.7. The molecule has 9 atom stereocenters. The number of nitrogens with zero attached hydrogens (tertiary/aromatic N) is 7. The highest BCUT2D eigenvalue weighted by Gasteiger charge is 2.64. The largest absolute Gasteiger partial charge is 0.394 e. The molecule has 19 nitrogen and oxygen atoms in total. The maximum atomic E-state index is 14.2. The van der Waals surface area contributed by atoms with Crippen LogP contribution in [0, 0.1) is 0 Å². The summed E-state index contributed by atoms with van der Waals surface area (Å²) >= 11 is 8.42. The third-order valence-electron chi connectivity index (χ3n) is 7.87. The summed E-state index contributed by atoms with van der Waals surface area (Å²) in [6.45, 7) is -4.73. The molecule has 0 amide bonds. The molecule has 3 aliphatic heterocycles. The van der Waals surface area contributed by atoms with Crippen LogP contribution in [0.25, 0.3) is 22.3 Å². The fraction of sp³-hybridized carbons (Fsp3) is 0.524. The summed E-state index contributed by atoms with van der Waals surface area (Å²) in [7, 11) is -2.80. The molecule has 0 aromatic carbocycles. The number of nitrogens with two attached hydrogens (primary N) is 2. The molecule has 23 heteroatoms. The average Bonchev–Trinajstić information content (AvgIpc) is 3.79. The van der Waals surface area contributed by atoms with Gasteiger partial charge >= 0.3 is 0 Å². The summed E-state index contributed by atoms with van der Waals surface area (Å²) in [5.41, 5.74) is 9.59. The van der Waals surface area contributed by atoms with Crippen LogP contribution in [-0.2, 0) is 32.4 Å². The van der Waals surface area contributed by atoms with Crippen molar-refractivity contribution in [2.75, 3.05) is 31.3 Å². The van der Waals surface area contributed by atoms with Crippen LogP contribution in [0.15, 0.2) is 23.8 Å². The van der Waals surface area contributed by atoms with Gasteiger partial charge in [0.05, 0.1) is 44.2 Å². The van der Waals surface area contributed by atoms with Crippen LogP contribution in [-0.4, -0.2) is 93.5 Å². The van der Waals surface area contributed by atoms with E-state index in [1.807, 2.05) is 0 Å². The maximum Gasteiger partial charge on any atom is 0.280 e. The molecule has 7 heterocycles. The van der Waals surface area contributed by atoms with E-state index >= 15 is 0 Å². The zero-order valence-electron chi connectivity index (χ0n) is 22.4. The molecule has 3 saturated heterocycles. The molecule has 236 valence electrons. The van der Waals surface area contributed by atoms with Crippen molar-refractivity contribution in [3.63, 3.8) is 0 Å². The molecule has 0 aliphatic carbocycles. The Morgan fingerprint density at radius 3 is 2.68 bits per heavy atom. The molecule has 0 spiro atoms. The summed E-state index contributed by atoms with van der Waals surface area (Å²) in [6, 6.07) is 0. The van der Waals surface area contributed by atoms with Gasteiger partial charge in [-0.05, 0) is 6.42 Å². The van der Waals surface area contributed by atoms with Crippen LogP contribution in [0.2, 0.25) is 0 Å². The second-order valence-electron chi connectivity index (χ2n) is 10.5. The molecule has 0 radical (unpaired) electrons. The number of H-pyrrole nitrogens is 1. The number of aromatic nitrogens is 8. The van der Waals surface area contributed by atoms with E-state index in [0.29, 0.717) is 11.2 Å². The second kappa shape index (κ2) is 11.0. The Bertz CT molecular complexity index is 1890. The van der Waals surface area contributed by atoms with Gasteiger partial charge in [0.15, 0.2) is 28.9 Å². The van der Waals surface area contributed by atoms with Crippen molar-refractivity contribution in [1.82, 2.24) is 39.0 Å². The van der Waals surface area contributed by atoms with Crippen molar-refractivity contribution in [1.29, 1.82) is 0 Å². The fourth-order valence-corrected chi connectivity index (χ4v) is 9.22. The molecule has 4 aromatic heterocycles. The number of hydrogen-bond donors (Lipinski definition) is 6. The number of aliphatic hydroxyl groups excluding tert-OH is 1. The number of imidazole rings is 2. The van der Waals surface area contributed by atoms with Crippen LogP contribution >= 0.6 is 38.3 Å². The summed E-state index contributed by atoms with van der Waals surface area (Å²) in [5.74, 6) is 0.0164. The lowest BCUT2D eigenvalue weighted by molar-refractivity contribution is -0.181. The number of ether oxygens (including phenoxy) is 3. The Hall–Kier alpha value is -2.58. The van der Waals surface area contributed by atoms with Gasteiger partial charge in [0.1, 0.15) is 35.9 Å². The van der Waals surface area contributed by atoms with Gasteiger partial charge in [0.2, 0.25) is 13.2 Å². The minimum atomic E-state index is -3.94. The molecule has 4 aromatic rings. The van der Waals surface area contributed by atoms with E-state index in [0.717, 1.165) is 0 Å². The summed E-state index contributed by atoms with van der Waals surface area (Å²) in [6.07, 6.45) is -0.244. The minimum Gasteiger partial charge on any atom is -0.394 e. The second-order valence-corrected chi connectivity index (χ2v) is 16.1. The Labute approximate surface area is 257 Å². The molecule has 3 fully saturated rings. The van der Waals surface area contributed by atoms with E-state index in [2.05, 4.69) is 54.4 Å². The van der Waals surface area contributed by atoms with Crippen LogP contribution in [0.5, 0.6) is 0 Å². The van der Waals surface area contributed by atoms with E-state index in [1.165, 1.54) is 23.5 Å². The minimum absolute atomic E-state index is 0.0108. The molecular formula is C21H26N10O9P2S2. The molecule has 2 bridgehead atoms. The van der Waals surface area contributed by atoms with Gasteiger partial charge in [-0.1, -0.05) is 24.5 Å². The lowest BCUT2D eigenvalue weighted by Gasteiger charge is -2.33. The van der Waals surface area contributed by atoms with Gasteiger partial charge in [0.25, 0.3) is 12.1 Å². The van der Waals surface area contributed by atoms with Crippen LogP contribution in [0.3, 0.4) is 0 Å². The quantitative estimate of drug-likeness (QED) is 0.102. The number of aliphatic hydroxyl groups is 1. The number of nitrogen functional groups attached to an aromatic ring is 2. The first kappa shape index (κ1) is 30.1. The third-order valence-corrected chi connectivity index (χ3v) is 11.7. The first-order chi connectivity index (χ1) is 21.0.